The van der Waals surface area contributed by atoms with E-state index in [9.17, 15) is 28.9 Å². The number of phenolic OH excluding ortho intramolecular Hbond substituents is 1. The molecule has 0 bridgehead atoms. The van der Waals surface area contributed by atoms with Crippen molar-refractivity contribution in [2.24, 2.45) is 4.99 Å². The zero-order valence-electron chi connectivity index (χ0n) is 14.1. The molecule has 0 aliphatic rings. The molecule has 0 atom stereocenters. The topological polar surface area (TPSA) is 32.6 Å². The highest BCUT2D eigenvalue weighted by Crippen LogP contribution is 3.02. The molecule has 1 N–H and O–H groups in total. The molecule has 26 heavy (non-hydrogen) atoms. The molecule has 0 aliphatic heterocycles. The Morgan fingerprint density at radius 1 is 1.00 bits per heavy atom. The van der Waals surface area contributed by atoms with Crippen LogP contribution in [0.5, 0.6) is 5.75 Å². The summed E-state index contributed by atoms with van der Waals surface area (Å²) in [5, 5.41) is 10.3. The molecule has 2 rings (SSSR count). The minimum atomic E-state index is -9.95. The van der Waals surface area contributed by atoms with Gasteiger partial charge in [-0.3, -0.25) is 4.99 Å². The summed E-state index contributed by atoms with van der Waals surface area (Å²) < 4.78 is 77.2. The number of aliphatic imine (C=N–C) groups is 1. The Morgan fingerprint density at radius 3 is 2.12 bits per heavy atom. The van der Waals surface area contributed by atoms with Crippen molar-refractivity contribution in [2.75, 3.05) is 0 Å². The molecule has 0 saturated carbocycles. The van der Waals surface area contributed by atoms with Crippen LogP contribution in [0.25, 0.3) is 0 Å². The first-order chi connectivity index (χ1) is 11.5. The first-order valence-electron chi connectivity index (χ1n) is 7.39. The first kappa shape index (κ1) is 20.2. The summed E-state index contributed by atoms with van der Waals surface area (Å²) in [5.41, 5.74) is -0.134. The van der Waals surface area contributed by atoms with Crippen LogP contribution in [-0.4, -0.2) is 11.3 Å². The fraction of sp³-hybridized carbons (Fsp3) is 0.235. The van der Waals surface area contributed by atoms with Gasteiger partial charge in [-0.25, -0.2) is 4.39 Å². The van der Waals surface area contributed by atoms with Gasteiger partial charge in [0.15, 0.2) is 0 Å². The van der Waals surface area contributed by atoms with Gasteiger partial charge in [0.1, 0.15) is 16.5 Å². The lowest BCUT2D eigenvalue weighted by molar-refractivity contribution is 0.363. The van der Waals surface area contributed by atoms with Crippen LogP contribution < -0.4 is 0 Å². The van der Waals surface area contributed by atoms with Gasteiger partial charge in [0, 0.05) is 11.8 Å². The van der Waals surface area contributed by atoms with Crippen LogP contribution in [0.2, 0.25) is 0 Å². The van der Waals surface area contributed by atoms with Crippen LogP contribution in [-0.2, 0) is 5.41 Å². The van der Waals surface area contributed by atoms with E-state index in [1.165, 1.54) is 6.07 Å². The molecule has 0 aromatic heterocycles. The normalized spacial score (nSPS) is 15.7. The van der Waals surface area contributed by atoms with Crippen LogP contribution in [0.3, 0.4) is 0 Å². The number of nitrogens with zero attached hydrogens (tertiary/aromatic N) is 1. The maximum atomic E-state index is 13.8. The molecule has 2 aromatic carbocycles. The lowest BCUT2D eigenvalue weighted by Gasteiger charge is -2.40. The number of aromatic hydroxyl groups is 1. The van der Waals surface area contributed by atoms with Crippen molar-refractivity contribution >= 4 is 22.1 Å². The van der Waals surface area contributed by atoms with Crippen molar-refractivity contribution in [3.05, 3.63) is 53.3 Å². The summed E-state index contributed by atoms with van der Waals surface area (Å²) in [6.07, 6.45) is 1.06. The molecule has 0 saturated heterocycles. The third-order valence-corrected chi connectivity index (χ3v) is 4.73. The Hall–Kier alpha value is -2.16. The smallest absolute Gasteiger partial charge is 0.310 e. The number of benzene rings is 2. The number of halogens is 6. The molecule has 9 heteroatoms. The van der Waals surface area contributed by atoms with Gasteiger partial charge in [-0.05, 0) is 35.2 Å². The second-order valence-electron chi connectivity index (χ2n) is 6.83. The number of hydrogen-bond acceptors (Lipinski definition) is 2. The van der Waals surface area contributed by atoms with Gasteiger partial charge < -0.3 is 5.11 Å². The van der Waals surface area contributed by atoms with Gasteiger partial charge in [0.05, 0.1) is 5.69 Å². The van der Waals surface area contributed by atoms with Gasteiger partial charge in [-0.2, -0.15) is 0 Å². The predicted molar refractivity (Wildman–Crippen MR) is 91.9 cm³/mol. The fourth-order valence-electron chi connectivity index (χ4n) is 2.24. The highest BCUT2D eigenvalue weighted by Gasteiger charge is 2.65. The Labute approximate surface area is 146 Å². The minimum absolute atomic E-state index is 0.0861. The lowest BCUT2D eigenvalue weighted by Crippen LogP contribution is -2.11. The molecule has 0 spiro atoms. The molecule has 2 nitrogen and oxygen atoms in total. The van der Waals surface area contributed by atoms with Crippen molar-refractivity contribution in [3.63, 3.8) is 0 Å². The second-order valence-corrected chi connectivity index (χ2v) is 9.24. The molecule has 0 fully saturated rings. The quantitative estimate of drug-likeness (QED) is 0.430. The third-order valence-electron chi connectivity index (χ3n) is 3.58. The number of phenols is 1. The number of para-hydroxylation sites is 1. The molecule has 0 radical (unpaired) electrons. The van der Waals surface area contributed by atoms with Crippen molar-refractivity contribution < 1.29 is 28.9 Å². The van der Waals surface area contributed by atoms with Crippen molar-refractivity contribution in [1.29, 1.82) is 0 Å². The summed E-state index contributed by atoms with van der Waals surface area (Å²) in [6, 6.07) is 5.13. The van der Waals surface area contributed by atoms with E-state index < -0.39 is 26.6 Å². The van der Waals surface area contributed by atoms with Crippen molar-refractivity contribution in [2.45, 2.75) is 31.1 Å². The van der Waals surface area contributed by atoms with Crippen molar-refractivity contribution in [1.82, 2.24) is 0 Å². The molecule has 0 aliphatic carbocycles. The third kappa shape index (κ3) is 4.51. The highest BCUT2D eigenvalue weighted by atomic mass is 32.5. The van der Waals surface area contributed by atoms with Gasteiger partial charge in [0.25, 0.3) is 0 Å². The molecular weight excluding hydrogens is 380 g/mol. The van der Waals surface area contributed by atoms with Crippen molar-refractivity contribution in [3.8, 4) is 5.75 Å². The van der Waals surface area contributed by atoms with Crippen LogP contribution >= 0.6 is 10.2 Å². The summed E-state index contributed by atoms with van der Waals surface area (Å²) in [5.74, 6) is -1.65. The van der Waals surface area contributed by atoms with E-state index in [1.54, 1.807) is 12.1 Å². The molecule has 0 amide bonds. The zero-order chi connectivity index (χ0) is 20.0. The lowest BCUT2D eigenvalue weighted by atomic mass is 9.85. The Kier molecular flexibility index (Phi) is 4.20. The van der Waals surface area contributed by atoms with E-state index in [-0.39, 0.29) is 28.9 Å². The van der Waals surface area contributed by atoms with Crippen LogP contribution in [0.4, 0.5) is 29.5 Å². The summed E-state index contributed by atoms with van der Waals surface area (Å²) in [4.78, 5) is 1.35. The largest absolute Gasteiger partial charge is 0.507 e. The summed E-state index contributed by atoms with van der Waals surface area (Å²) in [7, 11) is -9.95. The highest BCUT2D eigenvalue weighted by molar-refractivity contribution is 8.45. The van der Waals surface area contributed by atoms with E-state index >= 15 is 0 Å². The fourth-order valence-corrected chi connectivity index (χ4v) is 2.89. The summed E-state index contributed by atoms with van der Waals surface area (Å²) in [6.45, 7) is 5.59. The van der Waals surface area contributed by atoms with E-state index in [4.69, 9.17) is 0 Å². The second kappa shape index (κ2) is 5.42. The monoisotopic (exact) mass is 397 g/mol. The van der Waals surface area contributed by atoms with Crippen LogP contribution in [0, 0.1) is 5.82 Å². The van der Waals surface area contributed by atoms with Gasteiger partial charge in [0.2, 0.25) is 0 Å². The Balaban J connectivity index is 2.42. The predicted octanol–water partition coefficient (Wildman–Crippen LogP) is 7.24. The average molecular weight is 397 g/mol. The van der Waals surface area contributed by atoms with E-state index in [1.807, 2.05) is 20.8 Å². The van der Waals surface area contributed by atoms with Crippen LogP contribution in [0.1, 0.15) is 31.9 Å². The Bertz CT molecular complexity index is 885. The first-order valence-corrected chi connectivity index (χ1v) is 9.34. The molecule has 0 heterocycles. The molecule has 0 unspecified atom stereocenters. The Morgan fingerprint density at radius 2 is 1.62 bits per heavy atom. The van der Waals surface area contributed by atoms with Gasteiger partial charge in [-0.1, -0.05) is 52.3 Å². The maximum absolute atomic E-state index is 13.8. The standard InChI is InChI=1S/C17H17F6NOS/c1-17(2,3)13-6-4-5-11(16(13)25)10-24-15-8-7-12(9-14(15)18)26(19,20,21,22)23/h4-10,25H,1-3H3. The maximum Gasteiger partial charge on any atom is 0.310 e. The number of rotatable bonds is 3. The molecular formula is C17H17F6NOS. The van der Waals surface area contributed by atoms with E-state index in [0.717, 1.165) is 6.21 Å². The molecule has 2 aromatic rings. The van der Waals surface area contributed by atoms with Gasteiger partial charge in [-0.15, -0.1) is 0 Å². The molecule has 144 valence electrons. The zero-order valence-corrected chi connectivity index (χ0v) is 14.9. The summed E-state index contributed by atoms with van der Waals surface area (Å²) >= 11 is 0. The SMILES string of the molecule is CC(C)(C)c1cccc(C=Nc2ccc(S(F)(F)(F)(F)F)cc2F)c1O. The average Bonchev–Trinajstić information content (AvgIpc) is 2.43. The van der Waals surface area contributed by atoms with Crippen LogP contribution in [0.15, 0.2) is 46.3 Å². The van der Waals surface area contributed by atoms with Gasteiger partial charge >= 0.3 is 10.2 Å². The van der Waals surface area contributed by atoms with E-state index in [0.29, 0.717) is 11.6 Å². The minimum Gasteiger partial charge on any atom is -0.507 e. The van der Waals surface area contributed by atoms with E-state index in [2.05, 4.69) is 4.99 Å². The number of hydrogen-bond donors (Lipinski definition) is 1.